The van der Waals surface area contributed by atoms with Gasteiger partial charge in [-0.05, 0) is 195 Å². The van der Waals surface area contributed by atoms with Gasteiger partial charge in [0.2, 0.25) is 0 Å². The van der Waals surface area contributed by atoms with Crippen molar-refractivity contribution in [1.29, 1.82) is 0 Å². The van der Waals surface area contributed by atoms with Gasteiger partial charge in [-0.1, -0.05) is 216 Å². The Hall–Kier alpha value is -11.2. The fourth-order valence-corrected chi connectivity index (χ4v) is 16.7. The van der Waals surface area contributed by atoms with Crippen molar-refractivity contribution >= 4 is 88.1 Å². The molecule has 0 N–H and O–H groups in total. The molecule has 4 nitrogen and oxygen atoms in total. The van der Waals surface area contributed by atoms with Gasteiger partial charge in [0, 0.05) is 77.0 Å². The lowest BCUT2D eigenvalue weighted by Gasteiger charge is -2.31. The van der Waals surface area contributed by atoms with Gasteiger partial charge in [-0.25, -0.2) is 0 Å². The Morgan fingerprint density at radius 1 is 0.366 bits per heavy atom. The lowest BCUT2D eigenvalue weighted by molar-refractivity contribution is 0.589. The summed E-state index contributed by atoms with van der Waals surface area (Å²) in [6.07, 6.45) is 14.2. The molecule has 3 aliphatic carbocycles. The summed E-state index contributed by atoms with van der Waals surface area (Å²) in [7, 11) is 0. The normalized spacial score (nSPS) is 16.5. The van der Waals surface area contributed by atoms with E-state index in [1.54, 1.807) is 0 Å². The van der Waals surface area contributed by atoms with Crippen LogP contribution in [0, 0.1) is 5.92 Å². The molecular weight excluding hydrogens is 1130 g/mol. The Labute approximate surface area is 541 Å². The first kappa shape index (κ1) is 53.6. The van der Waals surface area contributed by atoms with E-state index in [4.69, 9.17) is 0 Å². The third-order valence-electron chi connectivity index (χ3n) is 21.2. The minimum atomic E-state index is -0.292. The Morgan fingerprint density at radius 3 is 1.54 bits per heavy atom. The summed E-state index contributed by atoms with van der Waals surface area (Å²) in [5.41, 5.74) is 29.4. The smallest absolute Gasteiger partial charge is 0.0584 e. The maximum Gasteiger partial charge on any atom is 0.0584 e. The predicted octanol–water partition coefficient (Wildman–Crippen LogP) is 23.2. The van der Waals surface area contributed by atoms with Gasteiger partial charge in [-0.2, -0.15) is 0 Å². The van der Waals surface area contributed by atoms with E-state index in [1.165, 1.54) is 149 Å². The molecule has 0 bridgehead atoms. The van der Waals surface area contributed by atoms with Crippen molar-refractivity contribution in [2.75, 3.05) is 0 Å². The van der Waals surface area contributed by atoms with E-state index in [1.807, 2.05) is 0 Å². The molecule has 3 aliphatic rings. The molecule has 4 heteroatoms. The quantitative estimate of drug-likeness (QED) is 0.144. The third-order valence-corrected chi connectivity index (χ3v) is 21.2. The fraction of sp³-hybridized carbons (Fsp3) is 0.101. The van der Waals surface area contributed by atoms with Gasteiger partial charge in [0.05, 0.1) is 38.6 Å². The Bertz CT molecular complexity index is 5840. The SMILES string of the molecule is CC1C=C(n2c3c(c4ccc5c(c42)C(C)(C)c2ccccc2-5)CC(C)(c2ccc4c(c2)c2cc(-c5ccc6c(c5)c5cc7c(cc5n6-c5cc(-c6ccccc6)cc(-c6ccccc6)c5)c5ccccc5n7-c5ccccc5)ccc2n4-c2ccccc2)C=C3)C=CC1. The first-order valence-corrected chi connectivity index (χ1v) is 33.0. The molecule has 442 valence electrons. The lowest BCUT2D eigenvalue weighted by atomic mass is 9.73. The molecule has 19 rings (SSSR count). The van der Waals surface area contributed by atoms with Crippen LogP contribution in [0.3, 0.4) is 0 Å². The first-order chi connectivity index (χ1) is 45.6. The van der Waals surface area contributed by atoms with Gasteiger partial charge >= 0.3 is 0 Å². The van der Waals surface area contributed by atoms with Crippen LogP contribution in [0.2, 0.25) is 0 Å². The number of hydrogen-bond acceptors (Lipinski definition) is 0. The summed E-state index contributed by atoms with van der Waals surface area (Å²) < 4.78 is 10.1. The number of para-hydroxylation sites is 3. The number of allylic oxidation sites excluding steroid dienone is 5. The first-order valence-electron chi connectivity index (χ1n) is 33.0. The molecule has 4 aromatic heterocycles. The van der Waals surface area contributed by atoms with Crippen molar-refractivity contribution in [3.63, 3.8) is 0 Å². The standard InChI is InChI=1S/C89H66N4/c1-56-22-21-31-66(46-56)93-83-44-45-89(4,55-77(83)71-40-39-70-68-32-17-19-34-78(68)88(2,3)86(70)87(71)93)63-38-43-82-74(52-63)72-50-59(36-41-80(72)90(82)64-27-13-7-14-28-64)60-37-42-81-73(51-60)76-54-84-75(69-33-18-20-35-79(69)91(84)65-29-15-8-16-30-65)53-85(76)92(81)67-48-61(57-23-9-5-10-24-57)47-62(49-67)58-25-11-6-12-26-58/h5-21,23-54,56H,22,55H2,1-4H3. The number of rotatable bonds is 8. The molecule has 0 aliphatic heterocycles. The Kier molecular flexibility index (Phi) is 11.6. The highest BCUT2D eigenvalue weighted by Gasteiger charge is 2.41. The minimum Gasteiger partial charge on any atom is -0.310 e. The van der Waals surface area contributed by atoms with Crippen LogP contribution in [-0.2, 0) is 17.3 Å². The van der Waals surface area contributed by atoms with Gasteiger partial charge in [-0.3, -0.25) is 0 Å². The van der Waals surface area contributed by atoms with Crippen LogP contribution in [0.15, 0.2) is 291 Å². The maximum atomic E-state index is 2.63. The molecule has 12 aromatic carbocycles. The van der Waals surface area contributed by atoms with Crippen LogP contribution >= 0.6 is 0 Å². The third kappa shape index (κ3) is 8.04. The summed E-state index contributed by atoms with van der Waals surface area (Å²) >= 11 is 0. The second-order valence-corrected chi connectivity index (χ2v) is 27.2. The van der Waals surface area contributed by atoms with E-state index in [0.717, 1.165) is 35.4 Å². The summed E-state index contributed by atoms with van der Waals surface area (Å²) in [4.78, 5) is 0. The number of fused-ring (bicyclic) bond motifs is 16. The van der Waals surface area contributed by atoms with Crippen molar-refractivity contribution in [2.24, 2.45) is 5.92 Å². The molecule has 0 saturated carbocycles. The van der Waals surface area contributed by atoms with Crippen LogP contribution in [-0.4, -0.2) is 18.3 Å². The molecule has 0 amide bonds. The van der Waals surface area contributed by atoms with E-state index in [-0.39, 0.29) is 10.8 Å². The molecule has 0 saturated heterocycles. The average molecular weight is 1190 g/mol. The van der Waals surface area contributed by atoms with E-state index in [2.05, 4.69) is 343 Å². The second-order valence-electron chi connectivity index (χ2n) is 27.2. The lowest BCUT2D eigenvalue weighted by Crippen LogP contribution is -2.25. The second kappa shape index (κ2) is 20.1. The molecule has 2 unspecified atom stereocenters. The van der Waals surface area contributed by atoms with Crippen LogP contribution in [0.4, 0.5) is 0 Å². The molecule has 2 atom stereocenters. The fourth-order valence-electron chi connectivity index (χ4n) is 16.7. The zero-order chi connectivity index (χ0) is 61.8. The van der Waals surface area contributed by atoms with Crippen molar-refractivity contribution in [3.05, 3.63) is 319 Å². The summed E-state index contributed by atoms with van der Waals surface area (Å²) in [6, 6.07) is 100. The summed E-state index contributed by atoms with van der Waals surface area (Å²) in [5.74, 6) is 0.460. The monoisotopic (exact) mass is 1190 g/mol. The largest absolute Gasteiger partial charge is 0.310 e. The Balaban J connectivity index is 0.805. The molecule has 0 spiro atoms. The molecule has 93 heavy (non-hydrogen) atoms. The molecule has 16 aromatic rings. The van der Waals surface area contributed by atoms with E-state index < -0.39 is 0 Å². The summed E-state index contributed by atoms with van der Waals surface area (Å²) in [5, 5.41) is 8.71. The van der Waals surface area contributed by atoms with Crippen LogP contribution < -0.4 is 0 Å². The molecular formula is C89H66N4. The number of nitrogens with zero attached hydrogens (tertiary/aromatic N) is 4. The molecule has 0 radical (unpaired) electrons. The highest BCUT2D eigenvalue weighted by Crippen LogP contribution is 2.55. The van der Waals surface area contributed by atoms with Gasteiger partial charge in [-0.15, -0.1) is 0 Å². The zero-order valence-electron chi connectivity index (χ0n) is 52.6. The van der Waals surface area contributed by atoms with E-state index in [0.29, 0.717) is 5.92 Å². The molecule has 0 fully saturated rings. The number of benzene rings is 12. The highest BCUT2D eigenvalue weighted by atomic mass is 15.0. The van der Waals surface area contributed by atoms with E-state index >= 15 is 0 Å². The predicted molar refractivity (Wildman–Crippen MR) is 393 cm³/mol. The van der Waals surface area contributed by atoms with Crippen molar-refractivity contribution < 1.29 is 0 Å². The van der Waals surface area contributed by atoms with Gasteiger partial charge < -0.3 is 18.3 Å². The van der Waals surface area contributed by atoms with Crippen molar-refractivity contribution in [3.8, 4) is 61.6 Å². The van der Waals surface area contributed by atoms with Gasteiger partial charge in [0.25, 0.3) is 0 Å². The van der Waals surface area contributed by atoms with Gasteiger partial charge in [0.1, 0.15) is 0 Å². The van der Waals surface area contributed by atoms with Crippen molar-refractivity contribution in [2.45, 2.75) is 51.4 Å². The zero-order valence-corrected chi connectivity index (χ0v) is 52.6. The van der Waals surface area contributed by atoms with Crippen LogP contribution in [0.25, 0.3) is 150 Å². The van der Waals surface area contributed by atoms with E-state index in [9.17, 15) is 0 Å². The topological polar surface area (TPSA) is 19.7 Å². The summed E-state index contributed by atoms with van der Waals surface area (Å²) in [6.45, 7) is 9.68. The van der Waals surface area contributed by atoms with Crippen molar-refractivity contribution in [1.82, 2.24) is 18.3 Å². The van der Waals surface area contributed by atoms with Crippen LogP contribution in [0.1, 0.15) is 62.1 Å². The van der Waals surface area contributed by atoms with Crippen LogP contribution in [0.5, 0.6) is 0 Å². The minimum absolute atomic E-state index is 0.163. The number of hydrogen-bond donors (Lipinski definition) is 0. The average Bonchev–Trinajstić information content (AvgIpc) is 1.55. The maximum absolute atomic E-state index is 2.63. The molecule has 4 heterocycles. The highest BCUT2D eigenvalue weighted by molar-refractivity contribution is 6.20. The van der Waals surface area contributed by atoms with Gasteiger partial charge in [0.15, 0.2) is 0 Å². The Morgan fingerprint density at radius 2 is 0.892 bits per heavy atom. The number of aromatic nitrogens is 4.